The predicted molar refractivity (Wildman–Crippen MR) is 82.2 cm³/mol. The third kappa shape index (κ3) is 2.70. The third-order valence-electron chi connectivity index (χ3n) is 4.15. The number of benzene rings is 2. The van der Waals surface area contributed by atoms with Crippen LogP contribution in [-0.2, 0) is 12.8 Å². The first-order valence-electron chi connectivity index (χ1n) is 7.23. The van der Waals surface area contributed by atoms with Crippen LogP contribution in [0.25, 0.3) is 0 Å². The van der Waals surface area contributed by atoms with E-state index in [0.29, 0.717) is 12.1 Å². The largest absolute Gasteiger partial charge is 0.497 e. The molecule has 104 valence electrons. The van der Waals surface area contributed by atoms with E-state index >= 15 is 0 Å². The fraction of sp³-hybridized carbons (Fsp3) is 0.333. The molecule has 0 fully saturated rings. The zero-order valence-electron chi connectivity index (χ0n) is 12.1. The van der Waals surface area contributed by atoms with E-state index in [9.17, 15) is 0 Å². The number of ether oxygens (including phenoxy) is 1. The standard InChI is InChI=1S/C18H21NO/c1-13(14-7-9-18(20-2)10-8-14)19-17-11-15-5-3-4-6-16(15)12-17/h3-10,13,17,19H,11-12H2,1-2H3/t13-/m0/s1. The summed E-state index contributed by atoms with van der Waals surface area (Å²) in [5, 5.41) is 3.74. The second-order valence-electron chi connectivity index (χ2n) is 5.54. The van der Waals surface area contributed by atoms with E-state index in [1.807, 2.05) is 12.1 Å². The summed E-state index contributed by atoms with van der Waals surface area (Å²) >= 11 is 0. The van der Waals surface area contributed by atoms with Gasteiger partial charge in [-0.15, -0.1) is 0 Å². The highest BCUT2D eigenvalue weighted by atomic mass is 16.5. The van der Waals surface area contributed by atoms with Crippen LogP contribution in [0.2, 0.25) is 0 Å². The number of hydrogen-bond donors (Lipinski definition) is 1. The average molecular weight is 267 g/mol. The summed E-state index contributed by atoms with van der Waals surface area (Å²) in [6, 6.07) is 18.0. The van der Waals surface area contributed by atoms with Gasteiger partial charge in [0.2, 0.25) is 0 Å². The van der Waals surface area contributed by atoms with Gasteiger partial charge in [-0.1, -0.05) is 36.4 Å². The Morgan fingerprint density at radius 3 is 2.15 bits per heavy atom. The fourth-order valence-corrected chi connectivity index (χ4v) is 3.02. The highest BCUT2D eigenvalue weighted by Crippen LogP contribution is 2.24. The SMILES string of the molecule is COc1ccc([C@H](C)NC2Cc3ccccc3C2)cc1. The van der Waals surface area contributed by atoms with Crippen molar-refractivity contribution in [1.82, 2.24) is 5.32 Å². The highest BCUT2D eigenvalue weighted by Gasteiger charge is 2.22. The minimum atomic E-state index is 0.361. The number of hydrogen-bond acceptors (Lipinski definition) is 2. The van der Waals surface area contributed by atoms with Crippen LogP contribution >= 0.6 is 0 Å². The molecule has 3 rings (SSSR count). The van der Waals surface area contributed by atoms with Crippen molar-refractivity contribution in [2.75, 3.05) is 7.11 Å². The molecule has 20 heavy (non-hydrogen) atoms. The smallest absolute Gasteiger partial charge is 0.118 e. The van der Waals surface area contributed by atoms with Crippen LogP contribution in [0.1, 0.15) is 29.7 Å². The van der Waals surface area contributed by atoms with Crippen molar-refractivity contribution in [3.63, 3.8) is 0 Å². The molecule has 2 nitrogen and oxygen atoms in total. The molecule has 1 aliphatic rings. The third-order valence-corrected chi connectivity index (χ3v) is 4.15. The average Bonchev–Trinajstić information content (AvgIpc) is 2.89. The van der Waals surface area contributed by atoms with Gasteiger partial charge in [-0.05, 0) is 48.6 Å². The van der Waals surface area contributed by atoms with E-state index in [1.54, 1.807) is 7.11 Å². The molecule has 0 aromatic heterocycles. The van der Waals surface area contributed by atoms with Crippen LogP contribution in [-0.4, -0.2) is 13.2 Å². The molecule has 0 bridgehead atoms. The summed E-state index contributed by atoms with van der Waals surface area (Å²) in [6.45, 7) is 2.23. The second-order valence-corrected chi connectivity index (χ2v) is 5.54. The lowest BCUT2D eigenvalue weighted by atomic mass is 10.1. The van der Waals surface area contributed by atoms with Crippen LogP contribution in [0.4, 0.5) is 0 Å². The van der Waals surface area contributed by atoms with Crippen LogP contribution in [0.15, 0.2) is 48.5 Å². The maximum absolute atomic E-state index is 5.20. The Kier molecular flexibility index (Phi) is 3.75. The number of methoxy groups -OCH3 is 1. The summed E-state index contributed by atoms with van der Waals surface area (Å²) in [4.78, 5) is 0. The van der Waals surface area contributed by atoms with Crippen molar-refractivity contribution < 1.29 is 4.74 Å². The molecule has 2 heteroatoms. The molecule has 1 N–H and O–H groups in total. The van der Waals surface area contributed by atoms with Crippen LogP contribution in [0, 0.1) is 0 Å². The maximum Gasteiger partial charge on any atom is 0.118 e. The van der Waals surface area contributed by atoms with E-state index in [2.05, 4.69) is 48.6 Å². The summed E-state index contributed by atoms with van der Waals surface area (Å²) in [6.07, 6.45) is 2.27. The molecule has 0 aliphatic heterocycles. The molecule has 1 aliphatic carbocycles. The van der Waals surface area contributed by atoms with Gasteiger partial charge in [-0.3, -0.25) is 0 Å². The van der Waals surface area contributed by atoms with Crippen molar-refractivity contribution in [2.45, 2.75) is 31.8 Å². The topological polar surface area (TPSA) is 21.3 Å². The summed E-state index contributed by atoms with van der Waals surface area (Å²) in [7, 11) is 1.70. The van der Waals surface area contributed by atoms with Crippen molar-refractivity contribution >= 4 is 0 Å². The lowest BCUT2D eigenvalue weighted by Gasteiger charge is -2.19. The van der Waals surface area contributed by atoms with Crippen molar-refractivity contribution in [1.29, 1.82) is 0 Å². The Hall–Kier alpha value is -1.80. The Morgan fingerprint density at radius 1 is 1.00 bits per heavy atom. The monoisotopic (exact) mass is 267 g/mol. The lowest BCUT2D eigenvalue weighted by molar-refractivity contribution is 0.414. The molecule has 0 amide bonds. The molecular formula is C18H21NO. The molecule has 0 heterocycles. The van der Waals surface area contributed by atoms with Gasteiger partial charge < -0.3 is 10.1 Å². The van der Waals surface area contributed by atoms with Gasteiger partial charge in [-0.25, -0.2) is 0 Å². The Morgan fingerprint density at radius 2 is 1.60 bits per heavy atom. The normalized spacial score (nSPS) is 15.9. The molecule has 2 aromatic carbocycles. The predicted octanol–water partition coefficient (Wildman–Crippen LogP) is 3.51. The Labute approximate surface area is 120 Å². The lowest BCUT2D eigenvalue weighted by Crippen LogP contribution is -2.32. The minimum Gasteiger partial charge on any atom is -0.497 e. The summed E-state index contributed by atoms with van der Waals surface area (Å²) < 4.78 is 5.20. The van der Waals surface area contributed by atoms with E-state index in [4.69, 9.17) is 4.74 Å². The fourth-order valence-electron chi connectivity index (χ4n) is 3.02. The Bertz CT molecular complexity index is 551. The summed E-state index contributed by atoms with van der Waals surface area (Å²) in [5.74, 6) is 0.911. The van der Waals surface area contributed by atoms with Gasteiger partial charge in [0.1, 0.15) is 5.75 Å². The zero-order valence-corrected chi connectivity index (χ0v) is 12.1. The minimum absolute atomic E-state index is 0.361. The van der Waals surface area contributed by atoms with Crippen LogP contribution in [0.5, 0.6) is 5.75 Å². The van der Waals surface area contributed by atoms with Crippen LogP contribution < -0.4 is 10.1 Å². The van der Waals surface area contributed by atoms with Crippen molar-refractivity contribution in [3.8, 4) is 5.75 Å². The van der Waals surface area contributed by atoms with Gasteiger partial charge >= 0.3 is 0 Å². The zero-order chi connectivity index (χ0) is 13.9. The van der Waals surface area contributed by atoms with Gasteiger partial charge in [0, 0.05) is 12.1 Å². The molecule has 2 aromatic rings. The van der Waals surface area contributed by atoms with Gasteiger partial charge in [0.05, 0.1) is 7.11 Å². The molecule has 1 atom stereocenters. The highest BCUT2D eigenvalue weighted by molar-refractivity contribution is 5.34. The quantitative estimate of drug-likeness (QED) is 0.915. The molecule has 0 saturated heterocycles. The van der Waals surface area contributed by atoms with E-state index in [1.165, 1.54) is 16.7 Å². The molecule has 0 unspecified atom stereocenters. The molecular weight excluding hydrogens is 246 g/mol. The first-order valence-corrected chi connectivity index (χ1v) is 7.23. The van der Waals surface area contributed by atoms with E-state index in [0.717, 1.165) is 18.6 Å². The molecule has 0 radical (unpaired) electrons. The second kappa shape index (κ2) is 5.68. The number of rotatable bonds is 4. The van der Waals surface area contributed by atoms with Gasteiger partial charge in [0.25, 0.3) is 0 Å². The van der Waals surface area contributed by atoms with Gasteiger partial charge in [0.15, 0.2) is 0 Å². The van der Waals surface area contributed by atoms with Crippen LogP contribution in [0.3, 0.4) is 0 Å². The van der Waals surface area contributed by atoms with Gasteiger partial charge in [-0.2, -0.15) is 0 Å². The van der Waals surface area contributed by atoms with E-state index in [-0.39, 0.29) is 0 Å². The van der Waals surface area contributed by atoms with E-state index < -0.39 is 0 Å². The molecule has 0 saturated carbocycles. The summed E-state index contributed by atoms with van der Waals surface area (Å²) in [5.41, 5.74) is 4.29. The first-order chi connectivity index (χ1) is 9.76. The number of nitrogens with one attached hydrogen (secondary N) is 1. The van der Waals surface area contributed by atoms with Crippen molar-refractivity contribution in [2.24, 2.45) is 0 Å². The number of fused-ring (bicyclic) bond motifs is 1. The molecule has 0 spiro atoms. The Balaban J connectivity index is 1.64. The van der Waals surface area contributed by atoms with Crippen molar-refractivity contribution in [3.05, 3.63) is 65.2 Å². The first kappa shape index (κ1) is 13.2. The maximum atomic E-state index is 5.20.